The predicted molar refractivity (Wildman–Crippen MR) is 84.1 cm³/mol. The molecule has 1 atom stereocenters. The fraction of sp³-hybridized carbons (Fsp3) is 0.706. The molecule has 2 aliphatic rings. The van der Waals surface area contributed by atoms with E-state index in [1.807, 2.05) is 0 Å². The molecule has 0 amide bonds. The molecule has 2 fully saturated rings. The molecular weight excluding hydrogens is 246 g/mol. The summed E-state index contributed by atoms with van der Waals surface area (Å²) < 4.78 is 0. The lowest BCUT2D eigenvalue weighted by Crippen LogP contribution is -2.30. The van der Waals surface area contributed by atoms with Crippen LogP contribution >= 0.6 is 0 Å². The van der Waals surface area contributed by atoms with E-state index < -0.39 is 0 Å². The van der Waals surface area contributed by atoms with Gasteiger partial charge in [-0.3, -0.25) is 4.90 Å². The zero-order valence-electron chi connectivity index (χ0n) is 12.7. The van der Waals surface area contributed by atoms with Crippen LogP contribution in [0.1, 0.15) is 57.1 Å². The van der Waals surface area contributed by atoms with Gasteiger partial charge in [0, 0.05) is 25.3 Å². The minimum Gasteiger partial charge on any atom is -0.357 e. The molecule has 0 aliphatic carbocycles. The first kappa shape index (κ1) is 13.9. The predicted octanol–water partition coefficient (Wildman–Crippen LogP) is 3.62. The van der Waals surface area contributed by atoms with Gasteiger partial charge in [-0.05, 0) is 63.2 Å². The van der Waals surface area contributed by atoms with Gasteiger partial charge >= 0.3 is 0 Å². The molecular formula is C17H27N3. The van der Waals surface area contributed by atoms with E-state index in [9.17, 15) is 0 Å². The second-order valence-electron chi connectivity index (χ2n) is 6.19. The molecule has 3 rings (SSSR count). The Kier molecular flexibility index (Phi) is 4.56. The van der Waals surface area contributed by atoms with Gasteiger partial charge in [-0.25, -0.2) is 4.98 Å². The van der Waals surface area contributed by atoms with Gasteiger partial charge in [-0.1, -0.05) is 13.0 Å². The van der Waals surface area contributed by atoms with Crippen LogP contribution in [-0.4, -0.2) is 36.1 Å². The second kappa shape index (κ2) is 6.57. The monoisotopic (exact) mass is 273 g/mol. The van der Waals surface area contributed by atoms with E-state index in [0.29, 0.717) is 6.04 Å². The van der Waals surface area contributed by atoms with Crippen LogP contribution in [-0.2, 0) is 0 Å². The minimum absolute atomic E-state index is 0.609. The number of likely N-dealkylation sites (tertiary alicyclic amines) is 1. The van der Waals surface area contributed by atoms with E-state index >= 15 is 0 Å². The Morgan fingerprint density at radius 2 is 1.95 bits per heavy atom. The molecule has 1 unspecified atom stereocenters. The lowest BCUT2D eigenvalue weighted by molar-refractivity contribution is 0.257. The Morgan fingerprint density at radius 1 is 1.10 bits per heavy atom. The lowest BCUT2D eigenvalue weighted by atomic mass is 10.1. The maximum atomic E-state index is 4.74. The Balaban J connectivity index is 1.69. The number of piperidine rings is 1. The molecule has 0 bridgehead atoms. The van der Waals surface area contributed by atoms with Crippen molar-refractivity contribution in [2.75, 3.05) is 31.1 Å². The molecule has 1 aromatic rings. The van der Waals surface area contributed by atoms with E-state index in [4.69, 9.17) is 4.98 Å². The molecule has 3 heterocycles. The standard InChI is InChI=1S/C17H27N3/c1-2-10-19-13-6-7-16(19)15-8-9-17(18-14-15)20-11-4-3-5-12-20/h8-9,14,16H,2-7,10-13H2,1H3. The van der Waals surface area contributed by atoms with Gasteiger partial charge in [0.1, 0.15) is 5.82 Å². The van der Waals surface area contributed by atoms with Gasteiger partial charge in [0.05, 0.1) is 0 Å². The highest BCUT2D eigenvalue weighted by Crippen LogP contribution is 2.32. The highest BCUT2D eigenvalue weighted by Gasteiger charge is 2.25. The maximum Gasteiger partial charge on any atom is 0.128 e. The molecule has 0 aromatic carbocycles. The van der Waals surface area contributed by atoms with Crippen molar-refractivity contribution in [1.29, 1.82) is 0 Å². The summed E-state index contributed by atoms with van der Waals surface area (Å²) in [6.07, 6.45) is 10.0. The molecule has 3 heteroatoms. The second-order valence-corrected chi connectivity index (χ2v) is 6.19. The van der Waals surface area contributed by atoms with E-state index in [2.05, 4.69) is 35.1 Å². The van der Waals surface area contributed by atoms with E-state index in [1.165, 1.54) is 76.1 Å². The average Bonchev–Trinajstić information content (AvgIpc) is 2.97. The largest absolute Gasteiger partial charge is 0.357 e. The number of hydrogen-bond donors (Lipinski definition) is 0. The van der Waals surface area contributed by atoms with Gasteiger partial charge in [-0.15, -0.1) is 0 Å². The highest BCUT2D eigenvalue weighted by atomic mass is 15.2. The van der Waals surface area contributed by atoms with Gasteiger partial charge < -0.3 is 4.90 Å². The Hall–Kier alpha value is -1.09. The first-order valence-electron chi connectivity index (χ1n) is 8.33. The van der Waals surface area contributed by atoms with Crippen molar-refractivity contribution in [2.45, 2.75) is 51.5 Å². The van der Waals surface area contributed by atoms with Crippen LogP contribution in [0.15, 0.2) is 18.3 Å². The number of nitrogens with zero attached hydrogens (tertiary/aromatic N) is 3. The summed E-state index contributed by atoms with van der Waals surface area (Å²) >= 11 is 0. The third kappa shape index (κ3) is 2.98. The first-order valence-corrected chi connectivity index (χ1v) is 8.33. The molecule has 110 valence electrons. The molecule has 0 N–H and O–H groups in total. The number of rotatable bonds is 4. The van der Waals surface area contributed by atoms with E-state index in [-0.39, 0.29) is 0 Å². The van der Waals surface area contributed by atoms with Gasteiger partial charge in [0.2, 0.25) is 0 Å². The fourth-order valence-corrected chi connectivity index (χ4v) is 3.66. The third-order valence-corrected chi connectivity index (χ3v) is 4.71. The van der Waals surface area contributed by atoms with Crippen molar-refractivity contribution in [3.8, 4) is 0 Å². The molecule has 1 aromatic heterocycles. The van der Waals surface area contributed by atoms with Crippen LogP contribution in [0.3, 0.4) is 0 Å². The Morgan fingerprint density at radius 3 is 2.65 bits per heavy atom. The lowest BCUT2D eigenvalue weighted by Gasteiger charge is -2.28. The highest BCUT2D eigenvalue weighted by molar-refractivity contribution is 5.40. The summed E-state index contributed by atoms with van der Waals surface area (Å²) in [7, 11) is 0. The number of hydrogen-bond acceptors (Lipinski definition) is 3. The van der Waals surface area contributed by atoms with Crippen molar-refractivity contribution in [1.82, 2.24) is 9.88 Å². The van der Waals surface area contributed by atoms with Crippen LogP contribution in [0.4, 0.5) is 5.82 Å². The number of anilines is 1. The zero-order chi connectivity index (χ0) is 13.8. The first-order chi connectivity index (χ1) is 9.88. The van der Waals surface area contributed by atoms with Gasteiger partial charge in [0.25, 0.3) is 0 Å². The van der Waals surface area contributed by atoms with Crippen LogP contribution in [0.5, 0.6) is 0 Å². The zero-order valence-corrected chi connectivity index (χ0v) is 12.7. The van der Waals surface area contributed by atoms with Crippen LogP contribution in [0, 0.1) is 0 Å². The van der Waals surface area contributed by atoms with Crippen LogP contribution in [0.2, 0.25) is 0 Å². The molecule has 2 aliphatic heterocycles. The minimum atomic E-state index is 0.609. The summed E-state index contributed by atoms with van der Waals surface area (Å²) in [5.41, 5.74) is 1.41. The molecule has 3 nitrogen and oxygen atoms in total. The summed E-state index contributed by atoms with van der Waals surface area (Å²) in [5, 5.41) is 0. The van der Waals surface area contributed by atoms with Crippen molar-refractivity contribution >= 4 is 5.82 Å². The Labute approximate surface area is 123 Å². The summed E-state index contributed by atoms with van der Waals surface area (Å²) in [6, 6.07) is 5.16. The quantitative estimate of drug-likeness (QED) is 0.835. The Bertz CT molecular complexity index is 409. The maximum absolute atomic E-state index is 4.74. The number of aromatic nitrogens is 1. The summed E-state index contributed by atoms with van der Waals surface area (Å²) in [4.78, 5) is 9.80. The molecule has 20 heavy (non-hydrogen) atoms. The summed E-state index contributed by atoms with van der Waals surface area (Å²) in [6.45, 7) is 7.10. The average molecular weight is 273 g/mol. The van der Waals surface area contributed by atoms with Crippen molar-refractivity contribution in [3.63, 3.8) is 0 Å². The SMILES string of the molecule is CCCN1CCCC1c1ccc(N2CCCCC2)nc1. The molecule has 0 saturated carbocycles. The molecule has 2 saturated heterocycles. The molecule has 0 spiro atoms. The van der Waals surface area contributed by atoms with Crippen molar-refractivity contribution in [3.05, 3.63) is 23.9 Å². The van der Waals surface area contributed by atoms with Gasteiger partial charge in [0.15, 0.2) is 0 Å². The van der Waals surface area contributed by atoms with Crippen molar-refractivity contribution < 1.29 is 0 Å². The van der Waals surface area contributed by atoms with E-state index in [1.54, 1.807) is 0 Å². The summed E-state index contributed by atoms with van der Waals surface area (Å²) in [5.74, 6) is 1.17. The van der Waals surface area contributed by atoms with Crippen LogP contribution in [0.25, 0.3) is 0 Å². The molecule has 0 radical (unpaired) electrons. The van der Waals surface area contributed by atoms with E-state index in [0.717, 1.165) is 0 Å². The van der Waals surface area contributed by atoms with Gasteiger partial charge in [-0.2, -0.15) is 0 Å². The number of pyridine rings is 1. The fourth-order valence-electron chi connectivity index (χ4n) is 3.66. The normalized spacial score (nSPS) is 24.2. The van der Waals surface area contributed by atoms with Crippen LogP contribution < -0.4 is 4.90 Å². The smallest absolute Gasteiger partial charge is 0.128 e. The topological polar surface area (TPSA) is 19.4 Å². The third-order valence-electron chi connectivity index (χ3n) is 4.71. The van der Waals surface area contributed by atoms with Crippen molar-refractivity contribution in [2.24, 2.45) is 0 Å².